The van der Waals surface area contributed by atoms with Crippen molar-refractivity contribution in [1.29, 1.82) is 0 Å². The summed E-state index contributed by atoms with van der Waals surface area (Å²) in [7, 11) is 0. The highest BCUT2D eigenvalue weighted by atomic mass is 35.5. The van der Waals surface area contributed by atoms with Gasteiger partial charge in [-0.3, -0.25) is 5.73 Å². The summed E-state index contributed by atoms with van der Waals surface area (Å²) in [6, 6.07) is 5.49. The van der Waals surface area contributed by atoms with Crippen LogP contribution in [0.2, 0.25) is 10.0 Å². The first kappa shape index (κ1) is 9.81. The van der Waals surface area contributed by atoms with E-state index in [1.165, 1.54) is 0 Å². The number of para-hydroxylation sites is 1. The summed E-state index contributed by atoms with van der Waals surface area (Å²) in [6.45, 7) is 0.898. The SMILES string of the molecule is NC1=[N+](c2c(Cl)cccc2Cl)CCC1. The van der Waals surface area contributed by atoms with E-state index in [9.17, 15) is 0 Å². The summed E-state index contributed by atoms with van der Waals surface area (Å²) >= 11 is 12.2. The van der Waals surface area contributed by atoms with Crippen LogP contribution in [0, 0.1) is 0 Å². The van der Waals surface area contributed by atoms with Gasteiger partial charge in [0.1, 0.15) is 0 Å². The molecule has 4 heteroatoms. The average Bonchev–Trinajstić information content (AvgIpc) is 2.52. The molecule has 0 radical (unpaired) electrons. The number of rotatable bonds is 1. The molecule has 0 saturated heterocycles. The van der Waals surface area contributed by atoms with Crippen molar-refractivity contribution < 1.29 is 4.58 Å². The Kier molecular flexibility index (Phi) is 2.66. The van der Waals surface area contributed by atoms with Gasteiger partial charge in [-0.05, 0) is 18.6 Å². The van der Waals surface area contributed by atoms with E-state index in [4.69, 9.17) is 28.9 Å². The standard InChI is InChI=1S/C10H10Cl2N2/c11-7-3-1-4-8(12)10(7)14-6-2-5-9(14)13/h1,3-4,13H,2,5-6H2/p+1. The van der Waals surface area contributed by atoms with E-state index in [-0.39, 0.29) is 0 Å². The quantitative estimate of drug-likeness (QED) is 0.738. The van der Waals surface area contributed by atoms with Crippen LogP contribution < -0.4 is 5.73 Å². The maximum Gasteiger partial charge on any atom is 0.247 e. The van der Waals surface area contributed by atoms with E-state index in [1.807, 2.05) is 22.8 Å². The maximum atomic E-state index is 6.08. The van der Waals surface area contributed by atoms with Crippen molar-refractivity contribution in [3.63, 3.8) is 0 Å². The predicted molar refractivity (Wildman–Crippen MR) is 59.7 cm³/mol. The summed E-state index contributed by atoms with van der Waals surface area (Å²) in [6.07, 6.45) is 1.98. The van der Waals surface area contributed by atoms with Gasteiger partial charge >= 0.3 is 0 Å². The zero-order valence-corrected chi connectivity index (χ0v) is 9.15. The van der Waals surface area contributed by atoms with Gasteiger partial charge in [0, 0.05) is 0 Å². The number of amidine groups is 1. The number of hydrogen-bond acceptors (Lipinski definition) is 1. The molecule has 0 atom stereocenters. The minimum Gasteiger partial charge on any atom is -0.291 e. The van der Waals surface area contributed by atoms with Gasteiger partial charge in [-0.2, -0.15) is 0 Å². The molecule has 1 aromatic carbocycles. The van der Waals surface area contributed by atoms with E-state index in [1.54, 1.807) is 0 Å². The number of halogens is 2. The first-order valence-electron chi connectivity index (χ1n) is 4.53. The molecule has 0 bridgehead atoms. The lowest BCUT2D eigenvalue weighted by Gasteiger charge is -2.06. The largest absolute Gasteiger partial charge is 0.291 e. The second-order valence-corrected chi connectivity index (χ2v) is 4.13. The van der Waals surface area contributed by atoms with E-state index in [0.717, 1.165) is 30.9 Å². The van der Waals surface area contributed by atoms with Crippen LogP contribution in [0.1, 0.15) is 12.8 Å². The van der Waals surface area contributed by atoms with Gasteiger partial charge in [0.25, 0.3) is 0 Å². The fourth-order valence-electron chi connectivity index (χ4n) is 1.70. The van der Waals surface area contributed by atoms with Crippen LogP contribution in [0.15, 0.2) is 18.2 Å². The summed E-state index contributed by atoms with van der Waals surface area (Å²) in [5, 5.41) is 1.31. The molecule has 0 amide bonds. The van der Waals surface area contributed by atoms with Crippen molar-refractivity contribution in [2.75, 3.05) is 6.54 Å². The molecule has 1 aromatic rings. The zero-order chi connectivity index (χ0) is 10.1. The maximum absolute atomic E-state index is 6.08. The third kappa shape index (κ3) is 1.60. The molecule has 2 N–H and O–H groups in total. The third-order valence-electron chi connectivity index (χ3n) is 2.37. The Bertz CT molecular complexity index is 379. The first-order chi connectivity index (χ1) is 6.70. The molecule has 74 valence electrons. The second kappa shape index (κ2) is 3.79. The van der Waals surface area contributed by atoms with Crippen LogP contribution in [-0.4, -0.2) is 17.0 Å². The fraction of sp³-hybridized carbons (Fsp3) is 0.300. The minimum atomic E-state index is 0.655. The highest BCUT2D eigenvalue weighted by molar-refractivity contribution is 6.38. The minimum absolute atomic E-state index is 0.655. The molecular formula is C10H11Cl2N2+. The number of nitrogens with two attached hydrogens (primary N) is 1. The smallest absolute Gasteiger partial charge is 0.247 e. The van der Waals surface area contributed by atoms with Crippen LogP contribution in [0.4, 0.5) is 5.69 Å². The van der Waals surface area contributed by atoms with Crippen molar-refractivity contribution in [3.05, 3.63) is 28.2 Å². The highest BCUT2D eigenvalue weighted by Crippen LogP contribution is 2.33. The van der Waals surface area contributed by atoms with Gasteiger partial charge < -0.3 is 0 Å². The van der Waals surface area contributed by atoms with Gasteiger partial charge in [-0.15, -0.1) is 0 Å². The van der Waals surface area contributed by atoms with Crippen molar-refractivity contribution >= 4 is 34.7 Å². The Morgan fingerprint density at radius 3 is 2.36 bits per heavy atom. The van der Waals surface area contributed by atoms with Gasteiger partial charge in [0.05, 0.1) is 23.0 Å². The molecule has 2 rings (SSSR count). The zero-order valence-electron chi connectivity index (χ0n) is 7.63. The fourth-order valence-corrected chi connectivity index (χ4v) is 2.30. The van der Waals surface area contributed by atoms with Crippen LogP contribution in [-0.2, 0) is 0 Å². The molecule has 1 heterocycles. The lowest BCUT2D eigenvalue weighted by molar-refractivity contribution is -0.431. The summed E-state index contributed by atoms with van der Waals surface area (Å²) in [5.74, 6) is 0.847. The Balaban J connectivity index is 2.56. The monoisotopic (exact) mass is 229 g/mol. The number of hydrogen-bond donors (Lipinski definition) is 1. The lowest BCUT2D eigenvalue weighted by atomic mass is 10.3. The molecule has 0 aliphatic carbocycles. The molecule has 2 nitrogen and oxygen atoms in total. The Morgan fingerprint density at radius 2 is 1.86 bits per heavy atom. The summed E-state index contributed by atoms with van der Waals surface area (Å²) in [4.78, 5) is 0. The average molecular weight is 230 g/mol. The molecule has 0 saturated carbocycles. The van der Waals surface area contributed by atoms with Gasteiger partial charge in [0.15, 0.2) is 5.69 Å². The number of nitrogens with zero attached hydrogens (tertiary/aromatic N) is 1. The van der Waals surface area contributed by atoms with Crippen molar-refractivity contribution in [2.45, 2.75) is 12.8 Å². The van der Waals surface area contributed by atoms with Crippen LogP contribution >= 0.6 is 23.2 Å². The molecule has 0 fully saturated rings. The predicted octanol–water partition coefficient (Wildman–Crippen LogP) is 2.79. The molecule has 1 aliphatic heterocycles. The van der Waals surface area contributed by atoms with E-state index >= 15 is 0 Å². The lowest BCUT2D eigenvalue weighted by Crippen LogP contribution is -2.18. The highest BCUT2D eigenvalue weighted by Gasteiger charge is 2.22. The van der Waals surface area contributed by atoms with Crippen LogP contribution in [0.25, 0.3) is 0 Å². The van der Waals surface area contributed by atoms with E-state index in [0.29, 0.717) is 10.0 Å². The Hall–Kier alpha value is -0.730. The second-order valence-electron chi connectivity index (χ2n) is 3.32. The molecule has 0 aromatic heterocycles. The summed E-state index contributed by atoms with van der Waals surface area (Å²) < 4.78 is 1.99. The molecule has 1 aliphatic rings. The molecule has 0 spiro atoms. The topological polar surface area (TPSA) is 29.0 Å². The first-order valence-corrected chi connectivity index (χ1v) is 5.28. The van der Waals surface area contributed by atoms with Gasteiger partial charge in [-0.1, -0.05) is 29.3 Å². The Morgan fingerprint density at radius 1 is 1.21 bits per heavy atom. The van der Waals surface area contributed by atoms with Crippen LogP contribution in [0.5, 0.6) is 0 Å². The summed E-state index contributed by atoms with van der Waals surface area (Å²) in [5.41, 5.74) is 6.71. The van der Waals surface area contributed by atoms with Gasteiger partial charge in [0.2, 0.25) is 5.84 Å². The molecule has 14 heavy (non-hydrogen) atoms. The van der Waals surface area contributed by atoms with E-state index in [2.05, 4.69) is 0 Å². The van der Waals surface area contributed by atoms with Crippen LogP contribution in [0.3, 0.4) is 0 Å². The van der Waals surface area contributed by atoms with Crippen molar-refractivity contribution in [1.82, 2.24) is 0 Å². The van der Waals surface area contributed by atoms with Gasteiger partial charge in [-0.25, -0.2) is 4.58 Å². The molecule has 0 unspecified atom stereocenters. The Labute approximate surface area is 92.9 Å². The third-order valence-corrected chi connectivity index (χ3v) is 2.98. The van der Waals surface area contributed by atoms with Crippen molar-refractivity contribution in [2.24, 2.45) is 5.73 Å². The molecular weight excluding hydrogens is 219 g/mol. The van der Waals surface area contributed by atoms with E-state index < -0.39 is 0 Å². The normalized spacial score (nSPS) is 16.4. The van der Waals surface area contributed by atoms with Crippen molar-refractivity contribution in [3.8, 4) is 0 Å². The number of benzene rings is 1.